The largest absolute Gasteiger partial charge is 0.494 e. The Labute approximate surface area is 214 Å². The summed E-state index contributed by atoms with van der Waals surface area (Å²) >= 11 is 0. The molecule has 5 rings (SSSR count). The second-order valence-corrected chi connectivity index (χ2v) is 8.61. The summed E-state index contributed by atoms with van der Waals surface area (Å²) < 4.78 is 13.8. The van der Waals surface area contributed by atoms with E-state index in [1.165, 1.54) is 7.11 Å². The van der Waals surface area contributed by atoms with Crippen molar-refractivity contribution in [2.75, 3.05) is 7.11 Å². The van der Waals surface area contributed by atoms with E-state index in [1.54, 1.807) is 6.07 Å². The van der Waals surface area contributed by atoms with Gasteiger partial charge in [-0.25, -0.2) is 0 Å². The van der Waals surface area contributed by atoms with Crippen molar-refractivity contribution in [2.45, 2.75) is 13.0 Å². The van der Waals surface area contributed by atoms with Gasteiger partial charge in [-0.2, -0.15) is 0 Å². The molecule has 0 spiro atoms. The van der Waals surface area contributed by atoms with Gasteiger partial charge >= 0.3 is 0 Å². The van der Waals surface area contributed by atoms with Crippen LogP contribution in [-0.2, 0) is 17.8 Å². The van der Waals surface area contributed by atoms with E-state index in [9.17, 15) is 9.59 Å². The first-order valence-electron chi connectivity index (χ1n) is 11.9. The lowest BCUT2D eigenvalue weighted by atomic mass is 9.96. The molecule has 5 aromatic rings. The summed E-state index contributed by atoms with van der Waals surface area (Å²) in [5.41, 5.74) is 10.9. The number of benzene rings is 3. The van der Waals surface area contributed by atoms with Crippen LogP contribution in [0.3, 0.4) is 0 Å². The number of pyridine rings is 1. The molecule has 2 aromatic heterocycles. The monoisotopic (exact) mass is 490 g/mol. The fourth-order valence-corrected chi connectivity index (χ4v) is 4.64. The molecular formula is C31H26N2O4. The predicted molar refractivity (Wildman–Crippen MR) is 143 cm³/mol. The molecule has 3 aromatic carbocycles. The molecule has 0 atom stereocenters. The number of amides is 1. The van der Waals surface area contributed by atoms with E-state index in [4.69, 9.17) is 15.2 Å². The topological polar surface area (TPSA) is 83.0 Å². The number of rotatable bonds is 9. The van der Waals surface area contributed by atoms with E-state index in [2.05, 4.69) is 18.2 Å². The highest BCUT2D eigenvalue weighted by Gasteiger charge is 2.30. The third-order valence-electron chi connectivity index (χ3n) is 6.33. The molecule has 0 fully saturated rings. The summed E-state index contributed by atoms with van der Waals surface area (Å²) in [7, 11) is 1.49. The van der Waals surface area contributed by atoms with Gasteiger partial charge in [0.1, 0.15) is 17.9 Å². The smallest absolute Gasteiger partial charge is 0.290 e. The Morgan fingerprint density at radius 2 is 1.51 bits per heavy atom. The second kappa shape index (κ2) is 10.4. The molecule has 0 aliphatic heterocycles. The van der Waals surface area contributed by atoms with Crippen molar-refractivity contribution in [2.24, 2.45) is 5.73 Å². The number of carbonyl (C=O) groups is 2. The number of ketones is 1. The van der Waals surface area contributed by atoms with Crippen LogP contribution >= 0.6 is 0 Å². The van der Waals surface area contributed by atoms with Crippen molar-refractivity contribution in [3.63, 3.8) is 0 Å². The van der Waals surface area contributed by atoms with Crippen LogP contribution in [0.5, 0.6) is 11.5 Å². The van der Waals surface area contributed by atoms with Gasteiger partial charge in [0.2, 0.25) is 0 Å². The van der Waals surface area contributed by atoms with Crippen molar-refractivity contribution in [1.82, 2.24) is 4.40 Å². The number of nitrogens with two attached hydrogens (primary N) is 1. The molecule has 6 nitrogen and oxygen atoms in total. The van der Waals surface area contributed by atoms with Crippen molar-refractivity contribution >= 4 is 17.2 Å². The standard InChI is InChI=1S/C31H26N2O4/c1-36-30-25(19-23-15-8-9-16-24(23)22-13-6-3-7-14-22)33-18-10-17-26(28(33)27(30)29(34)31(32)35)37-20-21-11-4-2-5-12-21/h2-18H,19-20H2,1H3,(H2,32,35). The molecule has 6 heteroatoms. The molecule has 0 saturated heterocycles. The Balaban J connectivity index is 1.67. The Morgan fingerprint density at radius 1 is 0.838 bits per heavy atom. The zero-order chi connectivity index (χ0) is 25.8. The fraction of sp³-hybridized carbons (Fsp3) is 0.0968. The van der Waals surface area contributed by atoms with E-state index in [0.29, 0.717) is 30.0 Å². The normalized spacial score (nSPS) is 10.8. The SMILES string of the molecule is COc1c(C(=O)C(N)=O)c2c(OCc3ccccc3)cccn2c1Cc1ccccc1-c1ccccc1. The van der Waals surface area contributed by atoms with E-state index >= 15 is 0 Å². The molecule has 2 heterocycles. The number of primary amides is 1. The molecule has 1 amide bonds. The molecule has 0 aliphatic rings. The summed E-state index contributed by atoms with van der Waals surface area (Å²) in [4.78, 5) is 25.2. The van der Waals surface area contributed by atoms with Crippen LogP contribution in [0, 0.1) is 0 Å². The molecule has 37 heavy (non-hydrogen) atoms. The number of carbonyl (C=O) groups excluding carboxylic acids is 2. The van der Waals surface area contributed by atoms with Crippen molar-refractivity contribution in [1.29, 1.82) is 0 Å². The maximum atomic E-state index is 13.1. The number of Topliss-reactive ketones (excluding diaryl/α,β-unsaturated/α-hetero) is 1. The van der Waals surface area contributed by atoms with E-state index < -0.39 is 11.7 Å². The Bertz CT molecular complexity index is 1570. The molecule has 0 radical (unpaired) electrons. The molecule has 0 unspecified atom stereocenters. The Kier molecular flexibility index (Phi) is 6.72. The number of aromatic nitrogens is 1. The average molecular weight is 491 g/mol. The molecule has 0 bridgehead atoms. The van der Waals surface area contributed by atoms with Gasteiger partial charge in [0.25, 0.3) is 11.7 Å². The first kappa shape index (κ1) is 23.9. The summed E-state index contributed by atoms with van der Waals surface area (Å²) in [6.45, 7) is 0.296. The highest BCUT2D eigenvalue weighted by Crippen LogP contribution is 2.39. The Morgan fingerprint density at radius 3 is 2.22 bits per heavy atom. The van der Waals surface area contributed by atoms with Gasteiger partial charge in [0.15, 0.2) is 5.75 Å². The van der Waals surface area contributed by atoms with Crippen LogP contribution in [-0.4, -0.2) is 23.2 Å². The quantitative estimate of drug-likeness (QED) is 0.220. The summed E-state index contributed by atoms with van der Waals surface area (Å²) in [6, 6.07) is 31.5. The van der Waals surface area contributed by atoms with E-state index in [1.807, 2.05) is 83.4 Å². The lowest BCUT2D eigenvalue weighted by Gasteiger charge is -2.12. The zero-order valence-electron chi connectivity index (χ0n) is 20.4. The van der Waals surface area contributed by atoms with Gasteiger partial charge < -0.3 is 19.6 Å². The molecule has 184 valence electrons. The number of hydrogen-bond acceptors (Lipinski definition) is 4. The van der Waals surface area contributed by atoms with Gasteiger partial charge in [0.05, 0.1) is 18.4 Å². The first-order chi connectivity index (χ1) is 18.1. The minimum absolute atomic E-state index is 0.103. The van der Waals surface area contributed by atoms with Crippen LogP contribution in [0.4, 0.5) is 0 Å². The van der Waals surface area contributed by atoms with Crippen molar-refractivity contribution < 1.29 is 19.1 Å². The number of ether oxygens (including phenoxy) is 2. The molecule has 0 aliphatic carbocycles. The first-order valence-corrected chi connectivity index (χ1v) is 11.9. The molecular weight excluding hydrogens is 464 g/mol. The number of methoxy groups -OCH3 is 1. The van der Waals surface area contributed by atoms with Gasteiger partial charge in [-0.1, -0.05) is 84.9 Å². The lowest BCUT2D eigenvalue weighted by molar-refractivity contribution is -0.114. The third-order valence-corrected chi connectivity index (χ3v) is 6.33. The maximum absolute atomic E-state index is 13.1. The highest BCUT2D eigenvalue weighted by atomic mass is 16.5. The van der Waals surface area contributed by atoms with Crippen molar-refractivity contribution in [3.05, 3.63) is 126 Å². The predicted octanol–water partition coefficient (Wildman–Crippen LogP) is 5.45. The van der Waals surface area contributed by atoms with Crippen LogP contribution in [0.1, 0.15) is 27.2 Å². The van der Waals surface area contributed by atoms with E-state index in [0.717, 1.165) is 27.9 Å². The second-order valence-electron chi connectivity index (χ2n) is 8.61. The lowest BCUT2D eigenvalue weighted by Crippen LogP contribution is -2.23. The van der Waals surface area contributed by atoms with Gasteiger partial charge in [0, 0.05) is 12.6 Å². The highest BCUT2D eigenvalue weighted by molar-refractivity contribution is 6.44. The van der Waals surface area contributed by atoms with E-state index in [-0.39, 0.29) is 5.56 Å². The maximum Gasteiger partial charge on any atom is 0.290 e. The van der Waals surface area contributed by atoms with Crippen LogP contribution in [0.25, 0.3) is 16.6 Å². The average Bonchev–Trinajstić information content (AvgIpc) is 3.26. The number of hydrogen-bond donors (Lipinski definition) is 1. The fourth-order valence-electron chi connectivity index (χ4n) is 4.64. The summed E-state index contributed by atoms with van der Waals surface area (Å²) in [5.74, 6) is -1.12. The minimum atomic E-state index is -1.06. The zero-order valence-corrected chi connectivity index (χ0v) is 20.4. The van der Waals surface area contributed by atoms with Gasteiger partial charge in [-0.15, -0.1) is 0 Å². The third kappa shape index (κ3) is 4.69. The van der Waals surface area contributed by atoms with Crippen LogP contribution < -0.4 is 15.2 Å². The van der Waals surface area contributed by atoms with Crippen LogP contribution in [0.2, 0.25) is 0 Å². The minimum Gasteiger partial charge on any atom is -0.494 e. The summed E-state index contributed by atoms with van der Waals surface area (Å²) in [6.07, 6.45) is 2.29. The van der Waals surface area contributed by atoms with Crippen LogP contribution in [0.15, 0.2) is 103 Å². The van der Waals surface area contributed by atoms with Gasteiger partial charge in [-0.3, -0.25) is 9.59 Å². The Hall–Kier alpha value is -4.84. The van der Waals surface area contributed by atoms with Gasteiger partial charge in [-0.05, 0) is 34.4 Å². The molecule has 2 N–H and O–H groups in total. The number of fused-ring (bicyclic) bond motifs is 1. The van der Waals surface area contributed by atoms with Crippen molar-refractivity contribution in [3.8, 4) is 22.6 Å². The molecule has 0 saturated carbocycles. The number of nitrogens with zero attached hydrogens (tertiary/aromatic N) is 1. The summed E-state index contributed by atoms with van der Waals surface area (Å²) in [5, 5.41) is 0.